The molecule has 0 aromatic carbocycles. The lowest BCUT2D eigenvalue weighted by Crippen LogP contribution is -2.37. The third-order valence-corrected chi connectivity index (χ3v) is 3.16. The Balaban J connectivity index is 1.72. The van der Waals surface area contributed by atoms with Gasteiger partial charge >= 0.3 is 0 Å². The molecule has 106 valence electrons. The van der Waals surface area contributed by atoms with Gasteiger partial charge in [0.1, 0.15) is 11.6 Å². The molecule has 1 aliphatic rings. The lowest BCUT2D eigenvalue weighted by molar-refractivity contribution is 0.122. The molecule has 3 heterocycles. The van der Waals surface area contributed by atoms with Gasteiger partial charge in [-0.1, -0.05) is 0 Å². The second kappa shape index (κ2) is 5.92. The Labute approximate surface area is 117 Å². The first-order chi connectivity index (χ1) is 9.81. The molecule has 6 nitrogen and oxygen atoms in total. The Morgan fingerprint density at radius 1 is 1.30 bits per heavy atom. The smallest absolute Gasteiger partial charge is 0.227 e. The standard InChI is InChI=1S/C14H18N4O2/c1-11-9-13(15-10-12-3-2-6-20-12)17-14(16-11)18-4-7-19-8-5-18/h2-3,6,9H,4-5,7-8,10H2,1H3,(H,15,16,17). The predicted molar refractivity (Wildman–Crippen MR) is 75.8 cm³/mol. The molecular formula is C14H18N4O2. The maximum Gasteiger partial charge on any atom is 0.227 e. The Hall–Kier alpha value is -2.08. The molecule has 0 saturated carbocycles. The maximum atomic E-state index is 5.35. The van der Waals surface area contributed by atoms with Crippen LogP contribution < -0.4 is 10.2 Å². The topological polar surface area (TPSA) is 63.4 Å². The van der Waals surface area contributed by atoms with Gasteiger partial charge in [-0.15, -0.1) is 0 Å². The van der Waals surface area contributed by atoms with Crippen molar-refractivity contribution in [2.75, 3.05) is 36.5 Å². The highest BCUT2D eigenvalue weighted by Gasteiger charge is 2.14. The first-order valence-corrected chi connectivity index (χ1v) is 6.76. The fourth-order valence-electron chi connectivity index (χ4n) is 2.14. The second-order valence-corrected chi connectivity index (χ2v) is 4.73. The van der Waals surface area contributed by atoms with E-state index in [-0.39, 0.29) is 0 Å². The van der Waals surface area contributed by atoms with Crippen molar-refractivity contribution in [3.05, 3.63) is 35.9 Å². The van der Waals surface area contributed by atoms with Gasteiger partial charge in [0.15, 0.2) is 0 Å². The van der Waals surface area contributed by atoms with E-state index < -0.39 is 0 Å². The van der Waals surface area contributed by atoms with Gasteiger partial charge in [0, 0.05) is 24.8 Å². The third-order valence-electron chi connectivity index (χ3n) is 3.16. The van der Waals surface area contributed by atoms with Crippen LogP contribution in [0.25, 0.3) is 0 Å². The van der Waals surface area contributed by atoms with E-state index in [2.05, 4.69) is 20.2 Å². The summed E-state index contributed by atoms with van der Waals surface area (Å²) in [6.45, 7) is 5.72. The maximum absolute atomic E-state index is 5.35. The first kappa shape index (κ1) is 12.9. The number of ether oxygens (including phenoxy) is 1. The second-order valence-electron chi connectivity index (χ2n) is 4.73. The van der Waals surface area contributed by atoms with Gasteiger partial charge in [0.2, 0.25) is 5.95 Å². The van der Waals surface area contributed by atoms with Crippen LogP contribution in [0.5, 0.6) is 0 Å². The monoisotopic (exact) mass is 274 g/mol. The Bertz CT molecular complexity index is 550. The Morgan fingerprint density at radius 3 is 2.90 bits per heavy atom. The van der Waals surface area contributed by atoms with Crippen molar-refractivity contribution in [3.8, 4) is 0 Å². The van der Waals surface area contributed by atoms with Gasteiger partial charge in [0.05, 0.1) is 26.0 Å². The molecule has 0 aliphatic carbocycles. The zero-order valence-electron chi connectivity index (χ0n) is 11.5. The molecule has 1 N–H and O–H groups in total. The zero-order chi connectivity index (χ0) is 13.8. The van der Waals surface area contributed by atoms with Crippen LogP contribution in [-0.2, 0) is 11.3 Å². The number of anilines is 2. The summed E-state index contributed by atoms with van der Waals surface area (Å²) in [7, 11) is 0. The fourth-order valence-corrected chi connectivity index (χ4v) is 2.14. The van der Waals surface area contributed by atoms with Crippen LogP contribution in [0.4, 0.5) is 11.8 Å². The van der Waals surface area contributed by atoms with E-state index >= 15 is 0 Å². The van der Waals surface area contributed by atoms with Crippen LogP contribution in [0, 0.1) is 6.92 Å². The third kappa shape index (κ3) is 3.08. The summed E-state index contributed by atoms with van der Waals surface area (Å²) >= 11 is 0. The molecule has 0 amide bonds. The first-order valence-electron chi connectivity index (χ1n) is 6.76. The van der Waals surface area contributed by atoms with Crippen LogP contribution in [-0.4, -0.2) is 36.3 Å². The molecule has 0 spiro atoms. The SMILES string of the molecule is Cc1cc(NCc2ccco2)nc(N2CCOCC2)n1. The van der Waals surface area contributed by atoms with Gasteiger partial charge in [-0.25, -0.2) is 4.98 Å². The van der Waals surface area contributed by atoms with Gasteiger partial charge in [-0.2, -0.15) is 4.98 Å². The highest BCUT2D eigenvalue weighted by atomic mass is 16.5. The molecule has 6 heteroatoms. The minimum Gasteiger partial charge on any atom is -0.467 e. The summed E-state index contributed by atoms with van der Waals surface area (Å²) in [5, 5.41) is 3.26. The molecule has 2 aromatic heterocycles. The average Bonchev–Trinajstić information content (AvgIpc) is 2.99. The molecule has 0 unspecified atom stereocenters. The van der Waals surface area contributed by atoms with Gasteiger partial charge in [-0.3, -0.25) is 0 Å². The molecule has 0 radical (unpaired) electrons. The summed E-state index contributed by atoms with van der Waals surface area (Å²) in [4.78, 5) is 11.2. The number of morpholine rings is 1. The zero-order valence-corrected chi connectivity index (χ0v) is 11.5. The van der Waals surface area contributed by atoms with E-state index in [1.54, 1.807) is 6.26 Å². The number of nitrogens with zero attached hydrogens (tertiary/aromatic N) is 3. The molecule has 1 fully saturated rings. The normalized spacial score (nSPS) is 15.3. The number of furan rings is 1. The van der Waals surface area contributed by atoms with Gasteiger partial charge in [-0.05, 0) is 19.1 Å². The van der Waals surface area contributed by atoms with E-state index in [0.29, 0.717) is 6.54 Å². The van der Waals surface area contributed by atoms with E-state index in [4.69, 9.17) is 9.15 Å². The van der Waals surface area contributed by atoms with Crippen LogP contribution in [0.1, 0.15) is 11.5 Å². The summed E-state index contributed by atoms with van der Waals surface area (Å²) in [6.07, 6.45) is 1.67. The van der Waals surface area contributed by atoms with Crippen molar-refractivity contribution in [3.63, 3.8) is 0 Å². The van der Waals surface area contributed by atoms with Crippen LogP contribution in [0.15, 0.2) is 28.9 Å². The number of hydrogen-bond acceptors (Lipinski definition) is 6. The minimum atomic E-state index is 0.617. The molecule has 2 aromatic rings. The van der Waals surface area contributed by atoms with E-state index in [0.717, 1.165) is 49.5 Å². The van der Waals surface area contributed by atoms with Crippen molar-refractivity contribution < 1.29 is 9.15 Å². The lowest BCUT2D eigenvalue weighted by atomic mass is 10.4. The van der Waals surface area contributed by atoms with E-state index in [1.807, 2.05) is 25.1 Å². The van der Waals surface area contributed by atoms with Crippen molar-refractivity contribution >= 4 is 11.8 Å². The molecule has 0 bridgehead atoms. The predicted octanol–water partition coefficient (Wildman–Crippen LogP) is 1.83. The summed E-state index contributed by atoms with van der Waals surface area (Å²) in [6, 6.07) is 5.75. The Kier molecular flexibility index (Phi) is 3.83. The average molecular weight is 274 g/mol. The molecular weight excluding hydrogens is 256 g/mol. The van der Waals surface area contributed by atoms with Crippen molar-refractivity contribution in [2.45, 2.75) is 13.5 Å². The Morgan fingerprint density at radius 2 is 2.15 bits per heavy atom. The molecule has 1 saturated heterocycles. The quantitative estimate of drug-likeness (QED) is 0.917. The van der Waals surface area contributed by atoms with E-state index in [1.165, 1.54) is 0 Å². The van der Waals surface area contributed by atoms with Crippen molar-refractivity contribution in [1.29, 1.82) is 0 Å². The minimum absolute atomic E-state index is 0.617. The number of rotatable bonds is 4. The number of nitrogens with one attached hydrogen (secondary N) is 1. The molecule has 1 aliphatic heterocycles. The highest BCUT2D eigenvalue weighted by Crippen LogP contribution is 2.15. The molecule has 20 heavy (non-hydrogen) atoms. The molecule has 3 rings (SSSR count). The van der Waals surface area contributed by atoms with Crippen LogP contribution in [0.2, 0.25) is 0 Å². The van der Waals surface area contributed by atoms with Crippen molar-refractivity contribution in [1.82, 2.24) is 9.97 Å². The summed E-state index contributed by atoms with van der Waals surface area (Å²) in [5.41, 5.74) is 0.948. The highest BCUT2D eigenvalue weighted by molar-refractivity contribution is 5.44. The summed E-state index contributed by atoms with van der Waals surface area (Å²) < 4.78 is 10.7. The fraction of sp³-hybridized carbons (Fsp3) is 0.429. The largest absolute Gasteiger partial charge is 0.467 e. The lowest BCUT2D eigenvalue weighted by Gasteiger charge is -2.27. The molecule has 0 atom stereocenters. The summed E-state index contributed by atoms with van der Waals surface area (Å²) in [5.74, 6) is 2.46. The number of hydrogen-bond donors (Lipinski definition) is 1. The number of aryl methyl sites for hydroxylation is 1. The van der Waals surface area contributed by atoms with Crippen molar-refractivity contribution in [2.24, 2.45) is 0 Å². The van der Waals surface area contributed by atoms with Gasteiger partial charge in [0.25, 0.3) is 0 Å². The van der Waals surface area contributed by atoms with E-state index in [9.17, 15) is 0 Å². The van der Waals surface area contributed by atoms with Crippen LogP contribution >= 0.6 is 0 Å². The number of aromatic nitrogens is 2. The van der Waals surface area contributed by atoms with Crippen LogP contribution in [0.3, 0.4) is 0 Å². The van der Waals surface area contributed by atoms with Gasteiger partial charge < -0.3 is 19.4 Å².